The monoisotopic (exact) mass is 224 g/mol. The minimum Gasteiger partial charge on any atom is -0.353 e. The van der Waals surface area contributed by atoms with E-state index in [2.05, 4.69) is 31.4 Å². The van der Waals surface area contributed by atoms with Gasteiger partial charge in [0, 0.05) is 18.1 Å². The molecule has 0 saturated carbocycles. The van der Waals surface area contributed by atoms with Crippen molar-refractivity contribution < 1.29 is 4.79 Å². The third kappa shape index (κ3) is 2.57. The van der Waals surface area contributed by atoms with Crippen LogP contribution in [0, 0.1) is 11.8 Å². The zero-order valence-corrected chi connectivity index (χ0v) is 10.6. The predicted octanol–water partition coefficient (Wildman–Crippen LogP) is 1.68. The van der Waals surface area contributed by atoms with Crippen molar-refractivity contribution >= 4 is 5.91 Å². The Hall–Kier alpha value is -0.570. The summed E-state index contributed by atoms with van der Waals surface area (Å²) in [5.41, 5.74) is 0. The fourth-order valence-electron chi connectivity index (χ4n) is 3.23. The van der Waals surface area contributed by atoms with Gasteiger partial charge in [0.15, 0.2) is 0 Å². The molecule has 1 amide bonds. The maximum Gasteiger partial charge on any atom is 0.224 e. The number of hydrogen-bond acceptors (Lipinski definition) is 2. The van der Waals surface area contributed by atoms with Crippen LogP contribution >= 0.6 is 0 Å². The van der Waals surface area contributed by atoms with E-state index in [9.17, 15) is 4.79 Å². The standard InChI is InChI=1S/C13H24N2O/c1-8(2)6-9(3)14-13(16)11-7-10-4-5-12(11)15-10/h8-12,15H,4-7H2,1-3H3,(H,14,16). The average Bonchev–Trinajstić information content (AvgIpc) is 2.76. The molecule has 2 rings (SSSR count). The van der Waals surface area contributed by atoms with Gasteiger partial charge in [0.25, 0.3) is 0 Å². The molecule has 2 bridgehead atoms. The largest absolute Gasteiger partial charge is 0.353 e. The van der Waals surface area contributed by atoms with E-state index in [1.807, 2.05) is 0 Å². The van der Waals surface area contributed by atoms with E-state index in [4.69, 9.17) is 0 Å². The van der Waals surface area contributed by atoms with E-state index in [1.54, 1.807) is 0 Å². The summed E-state index contributed by atoms with van der Waals surface area (Å²) in [4.78, 5) is 12.1. The van der Waals surface area contributed by atoms with Crippen molar-refractivity contribution in [3.8, 4) is 0 Å². The molecular formula is C13H24N2O. The zero-order valence-electron chi connectivity index (χ0n) is 10.6. The van der Waals surface area contributed by atoms with Gasteiger partial charge in [-0.1, -0.05) is 13.8 Å². The Balaban J connectivity index is 1.80. The first-order valence-electron chi connectivity index (χ1n) is 6.62. The third-order valence-electron chi connectivity index (χ3n) is 3.85. The predicted molar refractivity (Wildman–Crippen MR) is 65.1 cm³/mol. The first-order chi connectivity index (χ1) is 7.56. The van der Waals surface area contributed by atoms with Gasteiger partial charge in [-0.25, -0.2) is 0 Å². The van der Waals surface area contributed by atoms with Crippen molar-refractivity contribution in [1.82, 2.24) is 10.6 Å². The topological polar surface area (TPSA) is 41.1 Å². The lowest BCUT2D eigenvalue weighted by atomic mass is 9.88. The van der Waals surface area contributed by atoms with E-state index in [-0.39, 0.29) is 11.8 Å². The van der Waals surface area contributed by atoms with Crippen molar-refractivity contribution in [2.24, 2.45) is 11.8 Å². The highest BCUT2D eigenvalue weighted by molar-refractivity contribution is 5.80. The Morgan fingerprint density at radius 1 is 1.38 bits per heavy atom. The average molecular weight is 224 g/mol. The maximum atomic E-state index is 12.1. The first kappa shape index (κ1) is 11.9. The van der Waals surface area contributed by atoms with Crippen LogP contribution in [-0.2, 0) is 4.79 Å². The molecule has 16 heavy (non-hydrogen) atoms. The minimum absolute atomic E-state index is 0.230. The second kappa shape index (κ2) is 4.74. The summed E-state index contributed by atoms with van der Waals surface area (Å²) in [6.45, 7) is 6.50. The summed E-state index contributed by atoms with van der Waals surface area (Å²) >= 11 is 0. The van der Waals surface area contributed by atoms with Gasteiger partial charge in [0.05, 0.1) is 5.92 Å². The van der Waals surface area contributed by atoms with E-state index in [0.717, 1.165) is 12.8 Å². The smallest absolute Gasteiger partial charge is 0.224 e. The number of carbonyl (C=O) groups is 1. The molecule has 2 N–H and O–H groups in total. The second-order valence-corrected chi connectivity index (χ2v) is 5.93. The number of amides is 1. The molecule has 0 aromatic heterocycles. The van der Waals surface area contributed by atoms with Crippen LogP contribution in [0.3, 0.4) is 0 Å². The number of carbonyl (C=O) groups excluding carboxylic acids is 1. The van der Waals surface area contributed by atoms with E-state index in [0.29, 0.717) is 24.0 Å². The third-order valence-corrected chi connectivity index (χ3v) is 3.85. The van der Waals surface area contributed by atoms with Gasteiger partial charge in [-0.15, -0.1) is 0 Å². The Kier molecular flexibility index (Phi) is 3.53. The molecule has 92 valence electrons. The fraction of sp³-hybridized carbons (Fsp3) is 0.923. The number of nitrogens with one attached hydrogen (secondary N) is 2. The van der Waals surface area contributed by atoms with Crippen LogP contribution in [0.25, 0.3) is 0 Å². The Morgan fingerprint density at radius 3 is 2.62 bits per heavy atom. The molecule has 3 heteroatoms. The SMILES string of the molecule is CC(C)CC(C)NC(=O)C1CC2CCC1N2. The van der Waals surface area contributed by atoms with E-state index < -0.39 is 0 Å². The van der Waals surface area contributed by atoms with Gasteiger partial charge in [0.1, 0.15) is 0 Å². The zero-order chi connectivity index (χ0) is 11.7. The van der Waals surface area contributed by atoms with Crippen molar-refractivity contribution in [1.29, 1.82) is 0 Å². The molecular weight excluding hydrogens is 200 g/mol. The van der Waals surface area contributed by atoms with Crippen molar-refractivity contribution in [3.05, 3.63) is 0 Å². The molecule has 0 spiro atoms. The number of rotatable bonds is 4. The lowest BCUT2D eigenvalue weighted by Crippen LogP contribution is -2.42. The molecule has 2 saturated heterocycles. The van der Waals surface area contributed by atoms with E-state index >= 15 is 0 Å². The highest BCUT2D eigenvalue weighted by atomic mass is 16.2. The Bertz CT molecular complexity index is 265. The molecule has 0 aromatic rings. The highest BCUT2D eigenvalue weighted by Crippen LogP contribution is 2.33. The Morgan fingerprint density at radius 2 is 2.12 bits per heavy atom. The summed E-state index contributed by atoms with van der Waals surface area (Å²) in [6.07, 6.45) is 4.56. The van der Waals surface area contributed by atoms with Gasteiger partial charge >= 0.3 is 0 Å². The normalized spacial score (nSPS) is 34.4. The minimum atomic E-state index is 0.230. The van der Waals surface area contributed by atoms with Gasteiger partial charge in [0.2, 0.25) is 5.91 Å². The molecule has 0 radical (unpaired) electrons. The second-order valence-electron chi connectivity index (χ2n) is 5.93. The molecule has 0 aromatic carbocycles. The van der Waals surface area contributed by atoms with Crippen LogP contribution in [0.2, 0.25) is 0 Å². The molecule has 4 atom stereocenters. The Labute approximate surface area is 98.4 Å². The van der Waals surface area contributed by atoms with Crippen LogP contribution in [0.1, 0.15) is 46.5 Å². The molecule has 2 heterocycles. The molecule has 2 fully saturated rings. The number of hydrogen-bond donors (Lipinski definition) is 2. The quantitative estimate of drug-likeness (QED) is 0.763. The maximum absolute atomic E-state index is 12.1. The van der Waals surface area contributed by atoms with Crippen LogP contribution in [0.15, 0.2) is 0 Å². The van der Waals surface area contributed by atoms with Crippen molar-refractivity contribution in [3.63, 3.8) is 0 Å². The molecule has 2 aliphatic heterocycles. The van der Waals surface area contributed by atoms with E-state index in [1.165, 1.54) is 12.8 Å². The van der Waals surface area contributed by atoms with Gasteiger partial charge in [-0.2, -0.15) is 0 Å². The van der Waals surface area contributed by atoms with Crippen molar-refractivity contribution in [2.75, 3.05) is 0 Å². The van der Waals surface area contributed by atoms with Gasteiger partial charge in [-0.3, -0.25) is 4.79 Å². The lowest BCUT2D eigenvalue weighted by Gasteiger charge is -2.23. The molecule has 2 aliphatic rings. The summed E-state index contributed by atoms with van der Waals surface area (Å²) in [6, 6.07) is 1.38. The summed E-state index contributed by atoms with van der Waals surface area (Å²) in [5.74, 6) is 1.15. The number of fused-ring (bicyclic) bond motifs is 2. The van der Waals surface area contributed by atoms with Gasteiger partial charge in [-0.05, 0) is 38.5 Å². The summed E-state index contributed by atoms with van der Waals surface area (Å²) in [7, 11) is 0. The van der Waals surface area contributed by atoms with Crippen LogP contribution < -0.4 is 10.6 Å². The fourth-order valence-corrected chi connectivity index (χ4v) is 3.23. The van der Waals surface area contributed by atoms with Gasteiger partial charge < -0.3 is 10.6 Å². The lowest BCUT2D eigenvalue weighted by molar-refractivity contribution is -0.126. The van der Waals surface area contributed by atoms with Crippen LogP contribution in [-0.4, -0.2) is 24.0 Å². The molecule has 0 aliphatic carbocycles. The molecule has 4 unspecified atom stereocenters. The van der Waals surface area contributed by atoms with Crippen LogP contribution in [0.4, 0.5) is 0 Å². The highest BCUT2D eigenvalue weighted by Gasteiger charge is 2.42. The summed E-state index contributed by atoms with van der Waals surface area (Å²) < 4.78 is 0. The van der Waals surface area contributed by atoms with Crippen molar-refractivity contribution in [2.45, 2.75) is 64.6 Å². The molecule has 3 nitrogen and oxygen atoms in total. The first-order valence-corrected chi connectivity index (χ1v) is 6.62. The van der Waals surface area contributed by atoms with Crippen LogP contribution in [0.5, 0.6) is 0 Å². The summed E-state index contributed by atoms with van der Waals surface area (Å²) in [5, 5.41) is 6.67.